The van der Waals surface area contributed by atoms with Crippen LogP contribution in [0.25, 0.3) is 0 Å². The lowest BCUT2D eigenvalue weighted by molar-refractivity contribution is -0.139. The van der Waals surface area contributed by atoms with Gasteiger partial charge in [-0.25, -0.2) is 21.6 Å². The van der Waals surface area contributed by atoms with E-state index in [0.29, 0.717) is 12.8 Å². The molecule has 0 amide bonds. The Morgan fingerprint density at radius 2 is 1.52 bits per heavy atom. The Morgan fingerprint density at radius 3 is 1.96 bits per heavy atom. The van der Waals surface area contributed by atoms with Crippen LogP contribution >= 0.6 is 0 Å². The molecule has 8 nitrogen and oxygen atoms in total. The van der Waals surface area contributed by atoms with Gasteiger partial charge >= 0.3 is 5.97 Å². The molecule has 0 spiro atoms. The summed E-state index contributed by atoms with van der Waals surface area (Å²) in [6.07, 6.45) is 2.12. The van der Waals surface area contributed by atoms with Gasteiger partial charge in [-0.05, 0) is 37.1 Å². The zero-order chi connectivity index (χ0) is 19.1. The van der Waals surface area contributed by atoms with Gasteiger partial charge < -0.3 is 5.11 Å². The molecule has 0 aliphatic rings. The number of unbranched alkanes of at least 4 members (excludes halogenated alkanes) is 1. The van der Waals surface area contributed by atoms with Crippen LogP contribution in [0.1, 0.15) is 39.5 Å². The van der Waals surface area contributed by atoms with Crippen molar-refractivity contribution in [2.75, 3.05) is 6.54 Å². The highest BCUT2D eigenvalue weighted by atomic mass is 32.2. The van der Waals surface area contributed by atoms with Crippen molar-refractivity contribution >= 4 is 26.0 Å². The molecular formula is C15H24N2O6S2. The maximum absolute atomic E-state index is 12.3. The first kappa shape index (κ1) is 21.6. The van der Waals surface area contributed by atoms with E-state index in [4.69, 9.17) is 5.11 Å². The van der Waals surface area contributed by atoms with Gasteiger partial charge in [0, 0.05) is 6.54 Å². The van der Waals surface area contributed by atoms with E-state index < -0.39 is 32.1 Å². The van der Waals surface area contributed by atoms with Crippen LogP contribution in [-0.2, 0) is 24.8 Å². The molecule has 1 rings (SSSR count). The highest BCUT2D eigenvalue weighted by Gasteiger charge is 2.25. The lowest BCUT2D eigenvalue weighted by atomic mass is 10.1. The fraction of sp³-hybridized carbons (Fsp3) is 0.533. The summed E-state index contributed by atoms with van der Waals surface area (Å²) in [6.45, 7) is 3.97. The standard InChI is InChI=1S/C15H24N2O6S2/c1-3-5-6-14(15(18)19)17-25(22,23)13-9-7-12(8-10-13)24(20,21)16-11-4-2/h7-10,14,16-17H,3-6,11H2,1-2H3,(H,18,19). The van der Waals surface area contributed by atoms with Crippen LogP contribution in [0.4, 0.5) is 0 Å². The largest absolute Gasteiger partial charge is 0.480 e. The Labute approximate surface area is 148 Å². The second-order valence-electron chi connectivity index (χ2n) is 5.52. The highest BCUT2D eigenvalue weighted by molar-refractivity contribution is 7.90. The SMILES string of the molecule is CCCCC(NS(=O)(=O)c1ccc(S(=O)(=O)NCCC)cc1)C(=O)O. The summed E-state index contributed by atoms with van der Waals surface area (Å²) in [6, 6.07) is 3.41. The van der Waals surface area contributed by atoms with Gasteiger partial charge in [0.25, 0.3) is 0 Å². The van der Waals surface area contributed by atoms with E-state index in [9.17, 15) is 21.6 Å². The average Bonchev–Trinajstić information content (AvgIpc) is 2.56. The summed E-state index contributed by atoms with van der Waals surface area (Å²) in [5, 5.41) is 9.13. The molecule has 0 fully saturated rings. The molecule has 1 aromatic rings. The van der Waals surface area contributed by atoms with E-state index in [1.54, 1.807) is 0 Å². The number of carboxylic acid groups (broad SMARTS) is 1. The summed E-state index contributed by atoms with van der Waals surface area (Å²) in [4.78, 5) is 10.9. The minimum atomic E-state index is -4.06. The number of aliphatic carboxylic acids is 1. The summed E-state index contributed by atoms with van der Waals surface area (Å²) < 4.78 is 53.1. The van der Waals surface area contributed by atoms with Gasteiger partial charge in [-0.1, -0.05) is 26.7 Å². The summed E-state index contributed by atoms with van der Waals surface area (Å²) in [5.41, 5.74) is 0. The molecule has 1 aromatic carbocycles. The van der Waals surface area contributed by atoms with Crippen LogP contribution in [0.5, 0.6) is 0 Å². The highest BCUT2D eigenvalue weighted by Crippen LogP contribution is 2.15. The Kier molecular flexibility index (Phi) is 8.00. The fourth-order valence-corrected chi connectivity index (χ4v) is 4.37. The minimum Gasteiger partial charge on any atom is -0.480 e. The molecular weight excluding hydrogens is 368 g/mol. The first-order valence-electron chi connectivity index (χ1n) is 7.99. The quantitative estimate of drug-likeness (QED) is 0.520. The van der Waals surface area contributed by atoms with Crippen molar-refractivity contribution in [3.8, 4) is 0 Å². The molecule has 0 heterocycles. The van der Waals surface area contributed by atoms with Gasteiger partial charge in [0.2, 0.25) is 20.0 Å². The molecule has 142 valence electrons. The first-order chi connectivity index (χ1) is 11.6. The van der Waals surface area contributed by atoms with Crippen molar-refractivity contribution in [1.82, 2.24) is 9.44 Å². The lowest BCUT2D eigenvalue weighted by Gasteiger charge is -2.14. The van der Waals surface area contributed by atoms with Crippen molar-refractivity contribution in [1.29, 1.82) is 0 Å². The van der Waals surface area contributed by atoms with E-state index in [0.717, 1.165) is 18.6 Å². The van der Waals surface area contributed by atoms with Gasteiger partial charge in [-0.15, -0.1) is 0 Å². The predicted octanol–water partition coefficient (Wildman–Crippen LogP) is 1.30. The van der Waals surface area contributed by atoms with Crippen LogP contribution in [0.15, 0.2) is 34.1 Å². The van der Waals surface area contributed by atoms with E-state index in [1.165, 1.54) is 12.1 Å². The molecule has 0 saturated carbocycles. The molecule has 0 aliphatic carbocycles. The Balaban J connectivity index is 2.97. The summed E-state index contributed by atoms with van der Waals surface area (Å²) in [7, 11) is -7.75. The van der Waals surface area contributed by atoms with Gasteiger partial charge in [0.05, 0.1) is 9.79 Å². The minimum absolute atomic E-state index is 0.0549. The molecule has 0 radical (unpaired) electrons. The van der Waals surface area contributed by atoms with E-state index in [1.807, 2.05) is 13.8 Å². The number of nitrogens with one attached hydrogen (secondary N) is 2. The Bertz CT molecular complexity index is 773. The molecule has 10 heteroatoms. The molecule has 0 aromatic heterocycles. The van der Waals surface area contributed by atoms with E-state index >= 15 is 0 Å². The number of carbonyl (C=O) groups is 1. The first-order valence-corrected chi connectivity index (χ1v) is 11.0. The van der Waals surface area contributed by atoms with Gasteiger partial charge in [0.1, 0.15) is 6.04 Å². The maximum atomic E-state index is 12.3. The average molecular weight is 392 g/mol. The van der Waals surface area contributed by atoms with Crippen molar-refractivity contribution in [2.24, 2.45) is 0 Å². The normalized spacial score (nSPS) is 13.5. The molecule has 25 heavy (non-hydrogen) atoms. The molecule has 3 N–H and O–H groups in total. The third-order valence-corrected chi connectivity index (χ3v) is 6.39. The summed E-state index contributed by atoms with van der Waals surface area (Å²) >= 11 is 0. The van der Waals surface area contributed by atoms with Crippen molar-refractivity contribution in [2.45, 2.75) is 55.4 Å². The number of rotatable bonds is 11. The second-order valence-corrected chi connectivity index (χ2v) is 9.00. The zero-order valence-corrected chi connectivity index (χ0v) is 15.9. The molecule has 1 atom stereocenters. The van der Waals surface area contributed by atoms with Gasteiger partial charge in [-0.3, -0.25) is 4.79 Å². The van der Waals surface area contributed by atoms with E-state index in [-0.39, 0.29) is 22.8 Å². The van der Waals surface area contributed by atoms with Crippen molar-refractivity contribution < 1.29 is 26.7 Å². The van der Waals surface area contributed by atoms with Gasteiger partial charge in [0.15, 0.2) is 0 Å². The second kappa shape index (κ2) is 9.27. The lowest BCUT2D eigenvalue weighted by Crippen LogP contribution is -2.40. The number of hydrogen-bond acceptors (Lipinski definition) is 5. The number of benzene rings is 1. The molecule has 0 aliphatic heterocycles. The Hall–Kier alpha value is -1.49. The van der Waals surface area contributed by atoms with E-state index in [2.05, 4.69) is 9.44 Å². The summed E-state index contributed by atoms with van der Waals surface area (Å²) in [5.74, 6) is -1.25. The van der Waals surface area contributed by atoms with Gasteiger partial charge in [-0.2, -0.15) is 4.72 Å². The fourth-order valence-electron chi connectivity index (χ4n) is 2.01. The number of carboxylic acids is 1. The zero-order valence-electron chi connectivity index (χ0n) is 14.2. The predicted molar refractivity (Wildman–Crippen MR) is 93.2 cm³/mol. The molecule has 0 saturated heterocycles. The van der Waals surface area contributed by atoms with Crippen LogP contribution in [0.3, 0.4) is 0 Å². The van der Waals surface area contributed by atoms with Crippen molar-refractivity contribution in [3.63, 3.8) is 0 Å². The maximum Gasteiger partial charge on any atom is 0.321 e. The topological polar surface area (TPSA) is 130 Å². The Morgan fingerprint density at radius 1 is 1.00 bits per heavy atom. The molecule has 0 bridgehead atoms. The van der Waals surface area contributed by atoms with Crippen LogP contribution in [0.2, 0.25) is 0 Å². The number of sulfonamides is 2. The monoisotopic (exact) mass is 392 g/mol. The van der Waals surface area contributed by atoms with Crippen LogP contribution in [0, 0.1) is 0 Å². The number of hydrogen-bond donors (Lipinski definition) is 3. The van der Waals surface area contributed by atoms with Crippen LogP contribution < -0.4 is 9.44 Å². The molecule has 1 unspecified atom stereocenters. The van der Waals surface area contributed by atoms with Crippen molar-refractivity contribution in [3.05, 3.63) is 24.3 Å². The third kappa shape index (κ3) is 6.38. The third-order valence-electron chi connectivity index (χ3n) is 3.43. The van der Waals surface area contributed by atoms with Crippen LogP contribution in [-0.4, -0.2) is 40.5 Å². The smallest absolute Gasteiger partial charge is 0.321 e.